The summed E-state index contributed by atoms with van der Waals surface area (Å²) in [4.78, 5) is 12.3. The third kappa shape index (κ3) is 5.68. The molecule has 0 radical (unpaired) electrons. The van der Waals surface area contributed by atoms with Gasteiger partial charge in [0.05, 0.1) is 12.6 Å². The summed E-state index contributed by atoms with van der Waals surface area (Å²) in [5.41, 5.74) is 2.74. The Hall–Kier alpha value is -2.37. The number of anilines is 1. The molecule has 0 spiro atoms. The standard InChI is InChI=1S/C19H24N2O3/c1-24-14-15-7-5-10-17(13-15)20-19(23)21-18(11-6-12-22)16-8-3-2-4-9-16/h2-5,7-10,13,18,22H,6,11-12,14H2,1H3,(H2,20,21,23). The largest absolute Gasteiger partial charge is 0.396 e. The lowest BCUT2D eigenvalue weighted by Gasteiger charge is -2.19. The molecule has 0 aromatic heterocycles. The van der Waals surface area contributed by atoms with Crippen LogP contribution in [-0.4, -0.2) is 24.9 Å². The third-order valence-electron chi connectivity index (χ3n) is 3.65. The van der Waals surface area contributed by atoms with Crippen molar-refractivity contribution in [2.75, 3.05) is 19.0 Å². The van der Waals surface area contributed by atoms with Gasteiger partial charge in [-0.25, -0.2) is 4.79 Å². The molecule has 5 nitrogen and oxygen atoms in total. The van der Waals surface area contributed by atoms with Crippen molar-refractivity contribution >= 4 is 11.7 Å². The molecule has 1 atom stereocenters. The van der Waals surface area contributed by atoms with Gasteiger partial charge < -0.3 is 20.5 Å². The number of carbonyl (C=O) groups excluding carboxylic acids is 1. The van der Waals surface area contributed by atoms with E-state index in [9.17, 15) is 4.79 Å². The fraction of sp³-hybridized carbons (Fsp3) is 0.316. The highest BCUT2D eigenvalue weighted by molar-refractivity contribution is 5.89. The van der Waals surface area contributed by atoms with Gasteiger partial charge in [-0.15, -0.1) is 0 Å². The summed E-state index contributed by atoms with van der Waals surface area (Å²) in [7, 11) is 1.64. The van der Waals surface area contributed by atoms with E-state index in [1.165, 1.54) is 0 Å². The SMILES string of the molecule is COCc1cccc(NC(=O)NC(CCCO)c2ccccc2)c1. The number of aliphatic hydroxyl groups excluding tert-OH is 1. The lowest BCUT2D eigenvalue weighted by molar-refractivity contribution is 0.185. The molecule has 2 amide bonds. The zero-order chi connectivity index (χ0) is 17.2. The molecular formula is C19H24N2O3. The molecule has 128 valence electrons. The second-order valence-electron chi connectivity index (χ2n) is 5.56. The number of hydrogen-bond donors (Lipinski definition) is 3. The van der Waals surface area contributed by atoms with Crippen LogP contribution in [0.2, 0.25) is 0 Å². The van der Waals surface area contributed by atoms with E-state index in [0.717, 1.165) is 16.8 Å². The number of nitrogens with one attached hydrogen (secondary N) is 2. The van der Waals surface area contributed by atoms with E-state index in [2.05, 4.69) is 10.6 Å². The van der Waals surface area contributed by atoms with Gasteiger partial charge in [0.1, 0.15) is 0 Å². The molecular weight excluding hydrogens is 304 g/mol. The number of rotatable bonds is 8. The van der Waals surface area contributed by atoms with E-state index in [1.807, 2.05) is 54.6 Å². The van der Waals surface area contributed by atoms with Crippen molar-refractivity contribution in [3.63, 3.8) is 0 Å². The van der Waals surface area contributed by atoms with Gasteiger partial charge >= 0.3 is 6.03 Å². The van der Waals surface area contributed by atoms with Crippen LogP contribution in [0.3, 0.4) is 0 Å². The van der Waals surface area contributed by atoms with Gasteiger partial charge in [0.15, 0.2) is 0 Å². The number of hydrogen-bond acceptors (Lipinski definition) is 3. The molecule has 5 heteroatoms. The van der Waals surface area contributed by atoms with E-state index in [-0.39, 0.29) is 18.7 Å². The second kappa shape index (κ2) is 9.70. The lowest BCUT2D eigenvalue weighted by atomic mass is 10.0. The first-order valence-corrected chi connectivity index (χ1v) is 8.04. The lowest BCUT2D eigenvalue weighted by Crippen LogP contribution is -2.32. The summed E-state index contributed by atoms with van der Waals surface area (Å²) in [6.45, 7) is 0.603. The minimum absolute atomic E-state index is 0.103. The molecule has 3 N–H and O–H groups in total. The summed E-state index contributed by atoms with van der Waals surface area (Å²) in [5.74, 6) is 0. The molecule has 0 heterocycles. The number of amides is 2. The summed E-state index contributed by atoms with van der Waals surface area (Å²) in [6, 6.07) is 16.9. The molecule has 2 aromatic carbocycles. The van der Waals surface area contributed by atoms with E-state index in [0.29, 0.717) is 19.4 Å². The fourth-order valence-electron chi connectivity index (χ4n) is 2.53. The van der Waals surface area contributed by atoms with Gasteiger partial charge in [0.2, 0.25) is 0 Å². The minimum Gasteiger partial charge on any atom is -0.396 e. The summed E-state index contributed by atoms with van der Waals surface area (Å²) >= 11 is 0. The molecule has 1 unspecified atom stereocenters. The van der Waals surface area contributed by atoms with Crippen molar-refractivity contribution in [1.82, 2.24) is 5.32 Å². The van der Waals surface area contributed by atoms with Crippen molar-refractivity contribution in [1.29, 1.82) is 0 Å². The van der Waals surface area contributed by atoms with Crippen LogP contribution >= 0.6 is 0 Å². The first-order chi connectivity index (χ1) is 11.7. The molecule has 24 heavy (non-hydrogen) atoms. The second-order valence-corrected chi connectivity index (χ2v) is 5.56. The highest BCUT2D eigenvalue weighted by Crippen LogP contribution is 2.19. The Labute approximate surface area is 142 Å². The first-order valence-electron chi connectivity index (χ1n) is 8.04. The van der Waals surface area contributed by atoms with Gasteiger partial charge in [-0.1, -0.05) is 42.5 Å². The van der Waals surface area contributed by atoms with E-state index < -0.39 is 0 Å². The molecule has 0 aliphatic rings. The maximum Gasteiger partial charge on any atom is 0.319 e. The Morgan fingerprint density at radius 2 is 1.96 bits per heavy atom. The minimum atomic E-state index is -0.267. The van der Waals surface area contributed by atoms with Gasteiger partial charge in [-0.3, -0.25) is 0 Å². The van der Waals surface area contributed by atoms with Crippen LogP contribution in [0.15, 0.2) is 54.6 Å². The Morgan fingerprint density at radius 3 is 2.67 bits per heavy atom. The van der Waals surface area contributed by atoms with Gasteiger partial charge in [-0.05, 0) is 36.1 Å². The maximum atomic E-state index is 12.3. The molecule has 2 aromatic rings. The average molecular weight is 328 g/mol. The van der Waals surface area contributed by atoms with Crippen LogP contribution in [0.1, 0.15) is 30.0 Å². The Kier molecular flexibility index (Phi) is 7.26. The summed E-state index contributed by atoms with van der Waals surface area (Å²) < 4.78 is 5.10. The Bertz CT molecular complexity index is 632. The normalized spacial score (nSPS) is 11.8. The Morgan fingerprint density at radius 1 is 1.17 bits per heavy atom. The van der Waals surface area contributed by atoms with E-state index in [4.69, 9.17) is 9.84 Å². The van der Waals surface area contributed by atoms with E-state index in [1.54, 1.807) is 7.11 Å². The monoisotopic (exact) mass is 328 g/mol. The smallest absolute Gasteiger partial charge is 0.319 e. The average Bonchev–Trinajstić information content (AvgIpc) is 2.60. The maximum absolute atomic E-state index is 12.3. The van der Waals surface area contributed by atoms with Crippen LogP contribution in [0, 0.1) is 0 Å². The molecule has 2 rings (SSSR count). The number of ether oxygens (including phenoxy) is 1. The third-order valence-corrected chi connectivity index (χ3v) is 3.65. The quantitative estimate of drug-likeness (QED) is 0.695. The van der Waals surface area contributed by atoms with Gasteiger partial charge in [0, 0.05) is 19.4 Å². The van der Waals surface area contributed by atoms with Crippen LogP contribution in [0.25, 0.3) is 0 Å². The number of methoxy groups -OCH3 is 1. The highest BCUT2D eigenvalue weighted by atomic mass is 16.5. The summed E-state index contributed by atoms with van der Waals surface area (Å²) in [5, 5.41) is 14.9. The number of aliphatic hydroxyl groups is 1. The Balaban J connectivity index is 2.00. The topological polar surface area (TPSA) is 70.6 Å². The van der Waals surface area contributed by atoms with Crippen molar-refractivity contribution in [3.8, 4) is 0 Å². The molecule has 0 saturated carbocycles. The van der Waals surface area contributed by atoms with E-state index >= 15 is 0 Å². The zero-order valence-electron chi connectivity index (χ0n) is 13.9. The molecule has 0 aliphatic heterocycles. The highest BCUT2D eigenvalue weighted by Gasteiger charge is 2.14. The van der Waals surface area contributed by atoms with Crippen LogP contribution in [-0.2, 0) is 11.3 Å². The van der Waals surface area contributed by atoms with Crippen LogP contribution in [0.5, 0.6) is 0 Å². The van der Waals surface area contributed by atoms with Gasteiger partial charge in [0.25, 0.3) is 0 Å². The van der Waals surface area contributed by atoms with Crippen molar-refractivity contribution in [3.05, 3.63) is 65.7 Å². The van der Waals surface area contributed by atoms with Crippen molar-refractivity contribution in [2.24, 2.45) is 0 Å². The molecule has 0 bridgehead atoms. The fourth-order valence-corrected chi connectivity index (χ4v) is 2.53. The van der Waals surface area contributed by atoms with Crippen molar-refractivity contribution in [2.45, 2.75) is 25.5 Å². The summed E-state index contributed by atoms with van der Waals surface area (Å²) in [6.07, 6.45) is 1.31. The number of carbonyl (C=O) groups is 1. The predicted octanol–water partition coefficient (Wildman–Crippen LogP) is 3.47. The number of urea groups is 1. The zero-order valence-corrected chi connectivity index (χ0v) is 13.9. The molecule has 0 saturated heterocycles. The predicted molar refractivity (Wildman–Crippen MR) is 94.8 cm³/mol. The van der Waals surface area contributed by atoms with Crippen LogP contribution < -0.4 is 10.6 Å². The van der Waals surface area contributed by atoms with Gasteiger partial charge in [-0.2, -0.15) is 0 Å². The number of benzene rings is 2. The van der Waals surface area contributed by atoms with Crippen molar-refractivity contribution < 1.29 is 14.6 Å². The first kappa shape index (κ1) is 18.0. The van der Waals surface area contributed by atoms with Crippen LogP contribution in [0.4, 0.5) is 10.5 Å². The molecule has 0 fully saturated rings. The molecule has 0 aliphatic carbocycles.